The van der Waals surface area contributed by atoms with Gasteiger partial charge in [-0.15, -0.1) is 0 Å². The Bertz CT molecular complexity index is 920. The van der Waals surface area contributed by atoms with Crippen LogP contribution in [0.5, 0.6) is 0 Å². The summed E-state index contributed by atoms with van der Waals surface area (Å²) in [5.41, 5.74) is -0.655. The van der Waals surface area contributed by atoms with Crippen molar-refractivity contribution < 1.29 is 22.8 Å². The number of nitrogens with one attached hydrogen (secondary N) is 2. The van der Waals surface area contributed by atoms with E-state index >= 15 is 0 Å². The second kappa shape index (κ2) is 8.30. The van der Waals surface area contributed by atoms with Crippen LogP contribution in [0.2, 0.25) is 0 Å². The zero-order valence-corrected chi connectivity index (χ0v) is 17.8. The molecule has 9 heteroatoms. The highest BCUT2D eigenvalue weighted by Gasteiger charge is 2.49. The number of nitrogens with zero attached hydrogens (tertiary/aromatic N) is 2. The van der Waals surface area contributed by atoms with E-state index in [-0.39, 0.29) is 11.0 Å². The molecule has 6 nitrogen and oxygen atoms in total. The number of hydrogen-bond donors (Lipinski definition) is 2. The van der Waals surface area contributed by atoms with E-state index in [9.17, 15) is 28.0 Å². The van der Waals surface area contributed by atoms with Crippen LogP contribution in [0.1, 0.15) is 50.5 Å². The van der Waals surface area contributed by atoms with E-state index in [4.69, 9.17) is 0 Å². The molecule has 3 aliphatic rings. The number of likely N-dealkylation sites (tertiary alicyclic amines) is 1. The third-order valence-electron chi connectivity index (χ3n) is 6.73. The van der Waals surface area contributed by atoms with Crippen LogP contribution in [0.3, 0.4) is 0 Å². The smallest absolute Gasteiger partial charge is 0.318 e. The quantitative estimate of drug-likeness (QED) is 0.669. The van der Waals surface area contributed by atoms with E-state index < -0.39 is 48.1 Å². The first-order valence-corrected chi connectivity index (χ1v) is 11.0. The van der Waals surface area contributed by atoms with Crippen molar-refractivity contribution in [3.8, 4) is 6.07 Å². The second-order valence-corrected chi connectivity index (χ2v) is 9.57. The van der Waals surface area contributed by atoms with Gasteiger partial charge in [0, 0.05) is 25.9 Å². The zero-order valence-electron chi connectivity index (χ0n) is 17.8. The average Bonchev–Trinajstić information content (AvgIpc) is 3.68. The molecular weight excluding hydrogens is 421 g/mol. The number of alkyl halides is 2. The highest BCUT2D eigenvalue weighted by molar-refractivity contribution is 5.88. The molecule has 32 heavy (non-hydrogen) atoms. The predicted octanol–water partition coefficient (Wildman–Crippen LogP) is 3.52. The Morgan fingerprint density at radius 3 is 2.44 bits per heavy atom. The first-order valence-electron chi connectivity index (χ1n) is 11.0. The summed E-state index contributed by atoms with van der Waals surface area (Å²) in [5, 5.41) is 14.3. The van der Waals surface area contributed by atoms with Gasteiger partial charge in [0.1, 0.15) is 17.4 Å². The molecule has 3 fully saturated rings. The maximum atomic E-state index is 14.9. The summed E-state index contributed by atoms with van der Waals surface area (Å²) < 4.78 is 42.8. The van der Waals surface area contributed by atoms with Crippen molar-refractivity contribution in [1.82, 2.24) is 15.5 Å². The van der Waals surface area contributed by atoms with E-state index in [1.54, 1.807) is 4.90 Å². The van der Waals surface area contributed by atoms with Gasteiger partial charge < -0.3 is 15.5 Å². The van der Waals surface area contributed by atoms with Gasteiger partial charge in [-0.3, -0.25) is 4.79 Å². The van der Waals surface area contributed by atoms with E-state index in [2.05, 4.69) is 10.6 Å². The lowest BCUT2D eigenvalue weighted by molar-refractivity contribution is -0.126. The number of carbonyl (C=O) groups is 2. The van der Waals surface area contributed by atoms with Crippen molar-refractivity contribution >= 4 is 11.9 Å². The Morgan fingerprint density at radius 2 is 1.84 bits per heavy atom. The summed E-state index contributed by atoms with van der Waals surface area (Å²) in [5.74, 6) is -4.63. The third kappa shape index (κ3) is 5.34. The van der Waals surface area contributed by atoms with Crippen molar-refractivity contribution in [3.05, 3.63) is 35.6 Å². The molecule has 1 aromatic carbocycles. The van der Waals surface area contributed by atoms with E-state index in [1.807, 2.05) is 6.07 Å². The third-order valence-corrected chi connectivity index (χ3v) is 6.73. The molecule has 4 rings (SSSR count). The van der Waals surface area contributed by atoms with Gasteiger partial charge in [0.15, 0.2) is 0 Å². The lowest BCUT2D eigenvalue weighted by Crippen LogP contribution is -2.56. The predicted molar refractivity (Wildman–Crippen MR) is 110 cm³/mol. The molecule has 1 aromatic rings. The number of amides is 3. The number of benzene rings is 1. The first-order chi connectivity index (χ1) is 15.1. The Kier molecular flexibility index (Phi) is 5.82. The maximum absolute atomic E-state index is 14.9. The topological polar surface area (TPSA) is 85.2 Å². The van der Waals surface area contributed by atoms with Crippen molar-refractivity contribution in [2.24, 2.45) is 5.41 Å². The summed E-state index contributed by atoms with van der Waals surface area (Å²) in [6, 6.07) is 4.74. The van der Waals surface area contributed by atoms with Gasteiger partial charge in [0.05, 0.1) is 6.07 Å². The Labute approximate surface area is 185 Å². The minimum Gasteiger partial charge on any atom is -0.336 e. The summed E-state index contributed by atoms with van der Waals surface area (Å²) in [7, 11) is 0. The molecule has 1 unspecified atom stereocenters. The minimum absolute atomic E-state index is 0.152. The molecular formula is C23H27F3N4O2. The Morgan fingerprint density at radius 1 is 1.16 bits per heavy atom. The number of rotatable bonds is 7. The van der Waals surface area contributed by atoms with Gasteiger partial charge in [0.25, 0.3) is 5.92 Å². The molecule has 3 amide bonds. The van der Waals surface area contributed by atoms with Gasteiger partial charge in [-0.25, -0.2) is 18.0 Å². The maximum Gasteiger partial charge on any atom is 0.318 e. The average molecular weight is 448 g/mol. The van der Waals surface area contributed by atoms with Crippen molar-refractivity contribution in [2.75, 3.05) is 13.1 Å². The monoisotopic (exact) mass is 448 g/mol. The molecule has 1 saturated heterocycles. The standard InChI is InChI=1S/C23H27F3N4O2/c24-17-4-2-16(3-5-17)12-23(25,26)13-18(19(31)29-22(14-27)9-10-22)28-20(32)30-11-1-6-21(15-30)7-8-21/h2-5,18H,1,6-13,15H2,(H,28,32)(H,29,31). The van der Waals surface area contributed by atoms with E-state index in [1.165, 1.54) is 12.1 Å². The molecule has 0 radical (unpaired) electrons. The Balaban J connectivity index is 1.45. The summed E-state index contributed by atoms with van der Waals surface area (Å²) in [6.45, 7) is 1.09. The largest absolute Gasteiger partial charge is 0.336 e. The van der Waals surface area contributed by atoms with Crippen LogP contribution in [0.4, 0.5) is 18.0 Å². The van der Waals surface area contributed by atoms with Crippen molar-refractivity contribution in [2.45, 2.75) is 68.9 Å². The molecule has 0 aromatic heterocycles. The number of hydrogen-bond acceptors (Lipinski definition) is 3. The number of nitriles is 1. The SMILES string of the molecule is N#CC1(NC(=O)C(CC(F)(F)Cc2ccc(F)cc2)NC(=O)N2CCCC3(CC3)C2)CC1. The molecule has 2 saturated carbocycles. The summed E-state index contributed by atoms with van der Waals surface area (Å²) >= 11 is 0. The fourth-order valence-electron chi connectivity index (χ4n) is 4.40. The first kappa shape index (κ1) is 22.4. The van der Waals surface area contributed by atoms with Gasteiger partial charge in [-0.2, -0.15) is 5.26 Å². The van der Waals surface area contributed by atoms with Crippen molar-refractivity contribution in [1.29, 1.82) is 5.26 Å². The molecule has 0 bridgehead atoms. The number of carbonyl (C=O) groups excluding carboxylic acids is 2. The number of piperidine rings is 1. The molecule has 1 atom stereocenters. The lowest BCUT2D eigenvalue weighted by Gasteiger charge is -2.34. The van der Waals surface area contributed by atoms with Gasteiger partial charge >= 0.3 is 6.03 Å². The summed E-state index contributed by atoms with van der Waals surface area (Å²) in [6.07, 6.45) is 3.32. The molecule has 172 valence electrons. The molecule has 1 heterocycles. The van der Waals surface area contributed by atoms with Crippen LogP contribution < -0.4 is 10.6 Å². The van der Waals surface area contributed by atoms with Crippen LogP contribution in [-0.4, -0.2) is 47.4 Å². The van der Waals surface area contributed by atoms with Gasteiger partial charge in [0.2, 0.25) is 5.91 Å². The Hall–Kier alpha value is -2.76. The minimum atomic E-state index is -3.32. The van der Waals surface area contributed by atoms with Gasteiger partial charge in [-0.05, 0) is 61.6 Å². The second-order valence-electron chi connectivity index (χ2n) is 9.57. The van der Waals surface area contributed by atoms with E-state index in [0.29, 0.717) is 25.9 Å². The van der Waals surface area contributed by atoms with Crippen LogP contribution >= 0.6 is 0 Å². The molecule has 1 aliphatic heterocycles. The van der Waals surface area contributed by atoms with E-state index in [0.717, 1.165) is 37.8 Å². The van der Waals surface area contributed by atoms with Crippen LogP contribution in [0, 0.1) is 22.6 Å². The fourth-order valence-corrected chi connectivity index (χ4v) is 4.40. The fraction of sp³-hybridized carbons (Fsp3) is 0.609. The molecule has 2 aliphatic carbocycles. The van der Waals surface area contributed by atoms with Gasteiger partial charge in [-0.1, -0.05) is 12.1 Å². The normalized spacial score (nSPS) is 21.4. The van der Waals surface area contributed by atoms with Crippen LogP contribution in [0.15, 0.2) is 24.3 Å². The number of urea groups is 1. The van der Waals surface area contributed by atoms with Crippen LogP contribution in [0.25, 0.3) is 0 Å². The van der Waals surface area contributed by atoms with Crippen LogP contribution in [-0.2, 0) is 11.2 Å². The zero-order chi connectivity index (χ0) is 23.0. The highest BCUT2D eigenvalue weighted by atomic mass is 19.3. The molecule has 1 spiro atoms. The summed E-state index contributed by atoms with van der Waals surface area (Å²) in [4.78, 5) is 27.3. The lowest BCUT2D eigenvalue weighted by atomic mass is 9.95. The number of halogens is 3. The van der Waals surface area contributed by atoms with Crippen molar-refractivity contribution in [3.63, 3.8) is 0 Å². The molecule has 2 N–H and O–H groups in total. The highest BCUT2D eigenvalue weighted by Crippen LogP contribution is 2.52.